The summed E-state index contributed by atoms with van der Waals surface area (Å²) in [5.41, 5.74) is 5.69. The summed E-state index contributed by atoms with van der Waals surface area (Å²) in [6, 6.07) is 32.2. The summed E-state index contributed by atoms with van der Waals surface area (Å²) in [5.74, 6) is 0. The first-order valence-electron chi connectivity index (χ1n) is 14.4. The van der Waals surface area contributed by atoms with E-state index in [1.165, 1.54) is 0 Å². The normalized spacial score (nSPS) is 18.9. The van der Waals surface area contributed by atoms with Crippen LogP contribution in [-0.2, 0) is 32.6 Å². The van der Waals surface area contributed by atoms with E-state index in [1.807, 2.05) is 78.9 Å². The number of benzene rings is 4. The molecule has 0 amide bonds. The van der Waals surface area contributed by atoms with Gasteiger partial charge in [0.15, 0.2) is 6.29 Å². The maximum Gasteiger partial charge on any atom is 0.240 e. The highest BCUT2D eigenvalue weighted by Crippen LogP contribution is 2.38. The molecule has 1 heterocycles. The van der Waals surface area contributed by atoms with E-state index in [9.17, 15) is 13.5 Å². The maximum absolute atomic E-state index is 12.7. The van der Waals surface area contributed by atoms with Crippen LogP contribution in [0, 0.1) is 0 Å². The molecule has 4 aromatic carbocycles. The number of nitrogens with one attached hydrogen (secondary N) is 1. The maximum atomic E-state index is 12.7. The second-order valence-corrected chi connectivity index (χ2v) is 12.6. The molecule has 5 rings (SSSR count). The topological polar surface area (TPSA) is 88.1 Å². The molecule has 1 aliphatic heterocycles. The van der Waals surface area contributed by atoms with E-state index in [1.54, 1.807) is 30.3 Å². The zero-order valence-corrected chi connectivity index (χ0v) is 25.1. The molecule has 0 bridgehead atoms. The van der Waals surface area contributed by atoms with E-state index in [0.29, 0.717) is 0 Å². The van der Waals surface area contributed by atoms with Gasteiger partial charge in [-0.05, 0) is 53.1 Å². The fourth-order valence-electron chi connectivity index (χ4n) is 5.23. The first-order valence-corrected chi connectivity index (χ1v) is 15.9. The molecule has 1 aliphatic rings. The van der Waals surface area contributed by atoms with Crippen LogP contribution in [0.4, 0.5) is 0 Å². The van der Waals surface area contributed by atoms with Crippen molar-refractivity contribution in [1.29, 1.82) is 0 Å². The Morgan fingerprint density at radius 2 is 1.60 bits per heavy atom. The molecule has 8 heteroatoms. The number of nitrogens with zero attached hydrogens (tertiary/aromatic N) is 1. The van der Waals surface area contributed by atoms with Gasteiger partial charge in [-0.1, -0.05) is 91.0 Å². The molecule has 43 heavy (non-hydrogen) atoms. The first-order chi connectivity index (χ1) is 20.8. The van der Waals surface area contributed by atoms with Crippen LogP contribution in [-0.4, -0.2) is 44.7 Å². The number of hydrogen-bond acceptors (Lipinski definition) is 6. The van der Waals surface area contributed by atoms with Crippen molar-refractivity contribution < 1.29 is 23.0 Å². The highest BCUT2D eigenvalue weighted by molar-refractivity contribution is 7.89. The van der Waals surface area contributed by atoms with Gasteiger partial charge in [-0.2, -0.15) is 0 Å². The van der Waals surface area contributed by atoms with Crippen LogP contribution < -0.4 is 4.72 Å². The predicted molar refractivity (Wildman–Crippen MR) is 168 cm³/mol. The summed E-state index contributed by atoms with van der Waals surface area (Å²) in [6.07, 6.45) is 1.88. The monoisotopic (exact) mass is 598 g/mol. The van der Waals surface area contributed by atoms with E-state index in [0.717, 1.165) is 52.9 Å². The predicted octanol–water partition coefficient (Wildman–Crippen LogP) is 5.99. The van der Waals surface area contributed by atoms with Gasteiger partial charge < -0.3 is 19.5 Å². The van der Waals surface area contributed by atoms with Crippen molar-refractivity contribution in [3.8, 4) is 11.1 Å². The van der Waals surface area contributed by atoms with Gasteiger partial charge in [0.1, 0.15) is 0 Å². The Bertz CT molecular complexity index is 1590. The molecule has 0 spiro atoms. The molecule has 1 fully saturated rings. The Hall–Kier alpha value is -3.63. The number of aliphatic hydroxyl groups excluding tert-OH is 1. The fraction of sp³-hybridized carbons (Fsp3) is 0.257. The van der Waals surface area contributed by atoms with Crippen molar-refractivity contribution in [1.82, 2.24) is 9.62 Å². The van der Waals surface area contributed by atoms with Gasteiger partial charge in [0.05, 0.1) is 23.7 Å². The van der Waals surface area contributed by atoms with Crippen molar-refractivity contribution in [2.75, 3.05) is 20.1 Å². The number of hydrogen-bond donors (Lipinski definition) is 2. The Labute approximate surface area is 254 Å². The molecule has 7 nitrogen and oxygen atoms in total. The average molecular weight is 599 g/mol. The summed E-state index contributed by atoms with van der Waals surface area (Å²) >= 11 is 0. The smallest absolute Gasteiger partial charge is 0.240 e. The summed E-state index contributed by atoms with van der Waals surface area (Å²) in [5, 5.41) is 9.45. The second kappa shape index (κ2) is 14.2. The van der Waals surface area contributed by atoms with Gasteiger partial charge in [0, 0.05) is 31.6 Å². The van der Waals surface area contributed by atoms with Gasteiger partial charge >= 0.3 is 0 Å². The Balaban J connectivity index is 1.30. The fourth-order valence-corrected chi connectivity index (χ4v) is 6.27. The third-order valence-electron chi connectivity index (χ3n) is 7.53. The van der Waals surface area contributed by atoms with Crippen LogP contribution in [0.2, 0.25) is 0 Å². The van der Waals surface area contributed by atoms with Crippen LogP contribution >= 0.6 is 0 Å². The molecule has 1 saturated heterocycles. The Kier molecular flexibility index (Phi) is 10.2. The first kappa shape index (κ1) is 30.8. The van der Waals surface area contributed by atoms with Crippen LogP contribution in [0.25, 0.3) is 11.1 Å². The summed E-state index contributed by atoms with van der Waals surface area (Å²) < 4.78 is 40.9. The lowest BCUT2D eigenvalue weighted by Gasteiger charge is -2.37. The Morgan fingerprint density at radius 3 is 2.30 bits per heavy atom. The van der Waals surface area contributed by atoms with Crippen molar-refractivity contribution >= 4 is 10.0 Å². The minimum absolute atomic E-state index is 0.00503. The zero-order chi connectivity index (χ0) is 30.2. The molecule has 0 radical (unpaired) electrons. The van der Waals surface area contributed by atoms with Gasteiger partial charge in [0.2, 0.25) is 10.0 Å². The van der Waals surface area contributed by atoms with Gasteiger partial charge in [0.25, 0.3) is 0 Å². The lowest BCUT2D eigenvalue weighted by atomic mass is 9.99. The van der Waals surface area contributed by atoms with E-state index >= 15 is 0 Å². The number of likely N-dealkylation sites (N-methyl/N-ethyl adjacent to an activating group) is 1. The minimum atomic E-state index is -3.59. The largest absolute Gasteiger partial charge is 0.392 e. The molecule has 0 saturated carbocycles. The van der Waals surface area contributed by atoms with E-state index in [4.69, 9.17) is 9.47 Å². The Morgan fingerprint density at radius 1 is 0.884 bits per heavy atom. The second-order valence-electron chi connectivity index (χ2n) is 10.8. The molecular weight excluding hydrogens is 560 g/mol. The quantitative estimate of drug-likeness (QED) is 0.195. The van der Waals surface area contributed by atoms with E-state index < -0.39 is 16.3 Å². The number of aliphatic hydroxyl groups is 1. The van der Waals surface area contributed by atoms with E-state index in [2.05, 4.69) is 23.2 Å². The number of ether oxygens (including phenoxy) is 2. The molecule has 0 unspecified atom stereocenters. The summed E-state index contributed by atoms with van der Waals surface area (Å²) in [6.45, 7) is 5.56. The van der Waals surface area contributed by atoms with Crippen molar-refractivity contribution in [3.63, 3.8) is 0 Å². The van der Waals surface area contributed by atoms with Gasteiger partial charge in [-0.3, -0.25) is 0 Å². The molecule has 2 N–H and O–H groups in total. The molecule has 224 valence electrons. The van der Waals surface area contributed by atoms with Crippen molar-refractivity contribution in [2.45, 2.75) is 43.0 Å². The molecule has 3 atom stereocenters. The third kappa shape index (κ3) is 8.06. The lowest BCUT2D eigenvalue weighted by Crippen LogP contribution is -2.37. The average Bonchev–Trinajstić information content (AvgIpc) is 3.04. The van der Waals surface area contributed by atoms with Crippen LogP contribution in [0.5, 0.6) is 0 Å². The molecule has 4 aromatic rings. The molecular formula is C35H38N2O5S. The van der Waals surface area contributed by atoms with Gasteiger partial charge in [-0.25, -0.2) is 13.1 Å². The lowest BCUT2D eigenvalue weighted by molar-refractivity contribution is -0.252. The van der Waals surface area contributed by atoms with Crippen LogP contribution in [0.1, 0.15) is 41.1 Å². The molecule has 0 aromatic heterocycles. The highest BCUT2D eigenvalue weighted by atomic mass is 32.2. The zero-order valence-electron chi connectivity index (χ0n) is 24.3. The summed E-state index contributed by atoms with van der Waals surface area (Å²) in [4.78, 5) is 2.43. The third-order valence-corrected chi connectivity index (χ3v) is 8.95. The summed E-state index contributed by atoms with van der Waals surface area (Å²) in [7, 11) is -1.54. The number of sulfonamides is 1. The standard InChI is InChI=1S/C35H38N2O5S/c1-3-20-37(2)24-32-22-34(29-14-12-26(25-38)13-15-29)42-35(41-32)30-18-16-28(17-19-30)31-9-7-8-27(21-31)23-36-43(39,40)33-10-5-4-6-11-33/h3-19,21,32,34-36,38H,1,20,22-25H2,2H3/t32-,34+,35+/m0/s1. The van der Waals surface area contributed by atoms with E-state index in [-0.39, 0.29) is 30.3 Å². The van der Waals surface area contributed by atoms with Crippen molar-refractivity contribution in [3.05, 3.63) is 138 Å². The van der Waals surface area contributed by atoms with Crippen LogP contribution in [0.15, 0.2) is 121 Å². The van der Waals surface area contributed by atoms with Crippen molar-refractivity contribution in [2.24, 2.45) is 0 Å². The molecule has 0 aliphatic carbocycles. The van der Waals surface area contributed by atoms with Crippen LogP contribution in [0.3, 0.4) is 0 Å². The van der Waals surface area contributed by atoms with Gasteiger partial charge in [-0.15, -0.1) is 6.58 Å². The highest BCUT2D eigenvalue weighted by Gasteiger charge is 2.32. The minimum Gasteiger partial charge on any atom is -0.392 e. The SMILES string of the molecule is C=CCN(C)C[C@@H]1C[C@H](c2ccc(CO)cc2)O[C@H](c2ccc(-c3cccc(CNS(=O)(=O)c4ccccc4)c3)cc2)O1. The number of rotatable bonds is 12.